The van der Waals surface area contributed by atoms with Crippen molar-refractivity contribution in [2.75, 3.05) is 13.2 Å². The van der Waals surface area contributed by atoms with Crippen molar-refractivity contribution in [3.8, 4) is 0 Å². The summed E-state index contributed by atoms with van der Waals surface area (Å²) >= 11 is 0. The van der Waals surface area contributed by atoms with Gasteiger partial charge in [-0.25, -0.2) is 0 Å². The largest absolute Gasteiger partial charge is 0.375 e. The van der Waals surface area contributed by atoms with Gasteiger partial charge in [0.05, 0.1) is 19.3 Å². The molecule has 0 saturated carbocycles. The number of aromatic nitrogens is 2. The van der Waals surface area contributed by atoms with E-state index >= 15 is 0 Å². The van der Waals surface area contributed by atoms with Crippen LogP contribution in [-0.4, -0.2) is 46.2 Å². The van der Waals surface area contributed by atoms with Crippen LogP contribution in [0.1, 0.15) is 39.4 Å². The average molecular weight is 282 g/mol. The summed E-state index contributed by atoms with van der Waals surface area (Å²) in [6.45, 7) is 9.49. The summed E-state index contributed by atoms with van der Waals surface area (Å²) in [5.74, 6) is 0.761. The fraction of sp³-hybridized carbons (Fsp3) is 0.769. The van der Waals surface area contributed by atoms with E-state index in [4.69, 9.17) is 15.0 Å². The molecule has 0 aliphatic carbocycles. The molecule has 2 atom stereocenters. The molecule has 1 amide bonds. The van der Waals surface area contributed by atoms with Gasteiger partial charge in [-0.3, -0.25) is 9.69 Å². The number of carbonyl (C=O) groups is 1. The second-order valence-electron chi connectivity index (χ2n) is 6.16. The Kier molecular flexibility index (Phi) is 4.10. The first kappa shape index (κ1) is 14.9. The Morgan fingerprint density at radius 2 is 2.20 bits per heavy atom. The molecule has 20 heavy (non-hydrogen) atoms. The Morgan fingerprint density at radius 3 is 2.75 bits per heavy atom. The fourth-order valence-corrected chi connectivity index (χ4v) is 2.28. The maximum Gasteiger partial charge on any atom is 0.237 e. The topological polar surface area (TPSA) is 94.5 Å². The number of morpholine rings is 1. The lowest BCUT2D eigenvalue weighted by atomic mass is 9.97. The Hall–Kier alpha value is -1.47. The molecule has 1 aliphatic heterocycles. The van der Waals surface area contributed by atoms with E-state index in [9.17, 15) is 4.79 Å². The van der Waals surface area contributed by atoms with Crippen LogP contribution in [-0.2, 0) is 21.5 Å². The summed E-state index contributed by atoms with van der Waals surface area (Å²) in [7, 11) is 0. The Bertz CT molecular complexity index is 480. The molecule has 0 unspecified atom stereocenters. The Labute approximate surface area is 118 Å². The minimum atomic E-state index is -0.458. The maximum absolute atomic E-state index is 11.6. The SMILES string of the molecule is C[C@H]1OCCN(Cc2noc(C(C)(C)C)n2)[C@@H]1C(N)=O. The lowest BCUT2D eigenvalue weighted by Crippen LogP contribution is -2.56. The van der Waals surface area contributed by atoms with Gasteiger partial charge in [0.25, 0.3) is 0 Å². The maximum atomic E-state index is 11.6. The first-order chi connectivity index (χ1) is 9.29. The van der Waals surface area contributed by atoms with Crippen molar-refractivity contribution in [2.24, 2.45) is 5.73 Å². The quantitative estimate of drug-likeness (QED) is 0.864. The van der Waals surface area contributed by atoms with Crippen molar-refractivity contribution in [3.63, 3.8) is 0 Å². The van der Waals surface area contributed by atoms with Crippen LogP contribution in [0.2, 0.25) is 0 Å². The van der Waals surface area contributed by atoms with Gasteiger partial charge in [0, 0.05) is 12.0 Å². The van der Waals surface area contributed by atoms with Crippen molar-refractivity contribution >= 4 is 5.91 Å². The van der Waals surface area contributed by atoms with E-state index in [1.807, 2.05) is 32.6 Å². The van der Waals surface area contributed by atoms with Crippen LogP contribution in [0, 0.1) is 0 Å². The van der Waals surface area contributed by atoms with Crippen LogP contribution < -0.4 is 5.73 Å². The molecule has 1 saturated heterocycles. The van der Waals surface area contributed by atoms with E-state index < -0.39 is 11.9 Å². The van der Waals surface area contributed by atoms with Crippen LogP contribution in [0.25, 0.3) is 0 Å². The number of carbonyl (C=O) groups excluding carboxylic acids is 1. The van der Waals surface area contributed by atoms with E-state index in [1.54, 1.807) is 0 Å². The van der Waals surface area contributed by atoms with Crippen LogP contribution in [0.4, 0.5) is 0 Å². The van der Waals surface area contributed by atoms with E-state index in [1.165, 1.54) is 0 Å². The number of ether oxygens (including phenoxy) is 1. The third-order valence-electron chi connectivity index (χ3n) is 3.34. The summed E-state index contributed by atoms with van der Waals surface area (Å²) in [6.07, 6.45) is -0.227. The second-order valence-corrected chi connectivity index (χ2v) is 6.16. The molecule has 1 aromatic rings. The van der Waals surface area contributed by atoms with Gasteiger partial charge in [-0.15, -0.1) is 0 Å². The molecule has 0 radical (unpaired) electrons. The van der Waals surface area contributed by atoms with Crippen LogP contribution in [0.3, 0.4) is 0 Å². The number of amides is 1. The number of hydrogen-bond acceptors (Lipinski definition) is 6. The third-order valence-corrected chi connectivity index (χ3v) is 3.34. The van der Waals surface area contributed by atoms with E-state index in [2.05, 4.69) is 10.1 Å². The fourth-order valence-electron chi connectivity index (χ4n) is 2.28. The standard InChI is InChI=1S/C13H22N4O3/c1-8-10(11(14)18)17(5-6-19-8)7-9-15-12(20-16-9)13(2,3)4/h8,10H,5-7H2,1-4H3,(H2,14,18)/t8-,10+/m1/s1. The molecule has 1 aliphatic rings. The highest BCUT2D eigenvalue weighted by molar-refractivity contribution is 5.80. The zero-order valence-electron chi connectivity index (χ0n) is 12.4. The highest BCUT2D eigenvalue weighted by Gasteiger charge is 2.34. The molecule has 2 N–H and O–H groups in total. The van der Waals surface area contributed by atoms with Crippen LogP contribution in [0.15, 0.2) is 4.52 Å². The highest BCUT2D eigenvalue weighted by Crippen LogP contribution is 2.21. The van der Waals surface area contributed by atoms with Gasteiger partial charge in [0.15, 0.2) is 5.82 Å². The number of rotatable bonds is 3. The first-order valence-corrected chi connectivity index (χ1v) is 6.77. The predicted octanol–water partition coefficient (Wildman–Crippen LogP) is 0.442. The van der Waals surface area contributed by atoms with Crippen molar-refractivity contribution in [1.82, 2.24) is 15.0 Å². The van der Waals surface area contributed by atoms with Gasteiger partial charge in [-0.2, -0.15) is 4.98 Å². The molecule has 7 heteroatoms. The zero-order chi connectivity index (χ0) is 14.9. The van der Waals surface area contributed by atoms with Gasteiger partial charge in [-0.05, 0) is 6.92 Å². The van der Waals surface area contributed by atoms with Crippen molar-refractivity contribution < 1.29 is 14.1 Å². The summed E-state index contributed by atoms with van der Waals surface area (Å²) in [4.78, 5) is 17.9. The van der Waals surface area contributed by atoms with Crippen molar-refractivity contribution in [1.29, 1.82) is 0 Å². The number of primary amides is 1. The summed E-state index contributed by atoms with van der Waals surface area (Å²) in [5.41, 5.74) is 5.26. The lowest BCUT2D eigenvalue weighted by molar-refractivity contribution is -0.136. The molecule has 2 rings (SSSR count). The summed E-state index contributed by atoms with van der Waals surface area (Å²) < 4.78 is 10.7. The normalized spacial score (nSPS) is 24.8. The molecule has 7 nitrogen and oxygen atoms in total. The van der Waals surface area contributed by atoms with E-state index in [-0.39, 0.29) is 11.5 Å². The molecular weight excluding hydrogens is 260 g/mol. The monoisotopic (exact) mass is 282 g/mol. The van der Waals surface area contributed by atoms with Gasteiger partial charge >= 0.3 is 0 Å². The smallest absolute Gasteiger partial charge is 0.237 e. The Balaban J connectivity index is 2.11. The molecule has 1 aromatic heterocycles. The molecule has 112 valence electrons. The first-order valence-electron chi connectivity index (χ1n) is 6.77. The molecule has 0 spiro atoms. The summed E-state index contributed by atoms with van der Waals surface area (Å²) in [5, 5.41) is 3.97. The summed E-state index contributed by atoms with van der Waals surface area (Å²) in [6, 6.07) is -0.458. The highest BCUT2D eigenvalue weighted by atomic mass is 16.5. The molecule has 2 heterocycles. The van der Waals surface area contributed by atoms with Gasteiger partial charge in [0.1, 0.15) is 6.04 Å². The van der Waals surface area contributed by atoms with Crippen LogP contribution >= 0.6 is 0 Å². The van der Waals surface area contributed by atoms with Gasteiger partial charge < -0.3 is 15.0 Å². The van der Waals surface area contributed by atoms with Gasteiger partial charge in [-0.1, -0.05) is 25.9 Å². The molecular formula is C13H22N4O3. The average Bonchev–Trinajstić information content (AvgIpc) is 2.76. The Morgan fingerprint density at radius 1 is 1.50 bits per heavy atom. The third kappa shape index (κ3) is 3.16. The second kappa shape index (κ2) is 5.49. The lowest BCUT2D eigenvalue weighted by Gasteiger charge is -2.37. The van der Waals surface area contributed by atoms with Crippen LogP contribution in [0.5, 0.6) is 0 Å². The number of nitrogens with two attached hydrogens (primary N) is 1. The van der Waals surface area contributed by atoms with E-state index in [0.717, 1.165) is 0 Å². The predicted molar refractivity (Wildman–Crippen MR) is 71.8 cm³/mol. The van der Waals surface area contributed by atoms with Gasteiger partial charge in [0.2, 0.25) is 11.8 Å². The molecule has 1 fully saturated rings. The number of nitrogens with zero attached hydrogens (tertiary/aromatic N) is 3. The molecule has 0 bridgehead atoms. The zero-order valence-corrected chi connectivity index (χ0v) is 12.4. The van der Waals surface area contributed by atoms with Crippen molar-refractivity contribution in [2.45, 2.75) is 51.8 Å². The minimum Gasteiger partial charge on any atom is -0.375 e. The molecule has 0 aromatic carbocycles. The minimum absolute atomic E-state index is 0.188. The number of hydrogen-bond donors (Lipinski definition) is 1. The van der Waals surface area contributed by atoms with Crippen molar-refractivity contribution in [3.05, 3.63) is 11.7 Å². The van der Waals surface area contributed by atoms with E-state index in [0.29, 0.717) is 31.4 Å².